The summed E-state index contributed by atoms with van der Waals surface area (Å²) in [4.78, 5) is 1.25. The maximum absolute atomic E-state index is 6.05. The monoisotopic (exact) mass is 304 g/mol. The third-order valence-electron chi connectivity index (χ3n) is 3.01. The Balaban J connectivity index is 2.05. The molecule has 2 aromatic heterocycles. The van der Waals surface area contributed by atoms with Crippen LogP contribution in [0.3, 0.4) is 0 Å². The molecular formula is C14H13ClN4S. The first-order valence-corrected chi connectivity index (χ1v) is 7.45. The van der Waals surface area contributed by atoms with Crippen LogP contribution in [-0.4, -0.2) is 15.0 Å². The summed E-state index contributed by atoms with van der Waals surface area (Å²) in [5.74, 6) is 0. The molecule has 2 N–H and O–H groups in total. The van der Waals surface area contributed by atoms with Crippen LogP contribution >= 0.6 is 22.9 Å². The zero-order chi connectivity index (χ0) is 13.9. The van der Waals surface area contributed by atoms with E-state index < -0.39 is 0 Å². The predicted molar refractivity (Wildman–Crippen MR) is 81.4 cm³/mol. The average molecular weight is 305 g/mol. The molecule has 3 aromatic rings. The van der Waals surface area contributed by atoms with Gasteiger partial charge in [-0.3, -0.25) is 0 Å². The second-order valence-electron chi connectivity index (χ2n) is 4.33. The van der Waals surface area contributed by atoms with Gasteiger partial charge in [-0.25, -0.2) is 4.68 Å². The molecular weight excluding hydrogens is 292 g/mol. The Labute approximate surface area is 125 Å². The summed E-state index contributed by atoms with van der Waals surface area (Å²) < 4.78 is 1.81. The zero-order valence-corrected chi connectivity index (χ0v) is 12.2. The summed E-state index contributed by atoms with van der Waals surface area (Å²) in [6.45, 7) is 0.376. The quantitative estimate of drug-likeness (QED) is 0.806. The van der Waals surface area contributed by atoms with Gasteiger partial charge in [0.15, 0.2) is 0 Å². The molecule has 0 aliphatic heterocycles. The minimum Gasteiger partial charge on any atom is -0.325 e. The highest BCUT2D eigenvalue weighted by Gasteiger charge is 2.14. The number of aromatic nitrogens is 3. The largest absolute Gasteiger partial charge is 0.325 e. The van der Waals surface area contributed by atoms with Crippen molar-refractivity contribution in [2.75, 3.05) is 0 Å². The number of halogens is 1. The lowest BCUT2D eigenvalue weighted by molar-refractivity contribution is 0.773. The summed E-state index contributed by atoms with van der Waals surface area (Å²) in [5.41, 5.74) is 8.49. The van der Waals surface area contributed by atoms with Gasteiger partial charge in [-0.05, 0) is 29.6 Å². The minimum absolute atomic E-state index is 0.376. The van der Waals surface area contributed by atoms with E-state index in [9.17, 15) is 0 Å². The molecule has 0 spiro atoms. The van der Waals surface area contributed by atoms with Crippen molar-refractivity contribution in [1.82, 2.24) is 15.0 Å². The third kappa shape index (κ3) is 2.60. The van der Waals surface area contributed by atoms with Crippen LogP contribution in [0.25, 0.3) is 5.69 Å². The van der Waals surface area contributed by atoms with E-state index in [1.807, 2.05) is 35.0 Å². The lowest BCUT2D eigenvalue weighted by Gasteiger charge is -2.07. The van der Waals surface area contributed by atoms with Gasteiger partial charge in [0, 0.05) is 22.9 Å². The molecule has 102 valence electrons. The van der Waals surface area contributed by atoms with Crippen LogP contribution in [0.2, 0.25) is 5.02 Å². The number of rotatable bonds is 4. The highest BCUT2D eigenvalue weighted by Crippen LogP contribution is 2.21. The van der Waals surface area contributed by atoms with Gasteiger partial charge in [-0.15, -0.1) is 16.4 Å². The Morgan fingerprint density at radius 3 is 2.85 bits per heavy atom. The molecule has 0 saturated carbocycles. The standard InChI is InChI=1S/C14H13ClN4S/c15-10-3-1-4-11(7-10)19-14(13(9-16)17-18-19)8-12-5-2-6-20-12/h1-7H,8-9,16H2. The maximum Gasteiger partial charge on any atom is 0.100 e. The summed E-state index contributed by atoms with van der Waals surface area (Å²) in [7, 11) is 0. The van der Waals surface area contributed by atoms with E-state index in [1.165, 1.54) is 4.88 Å². The SMILES string of the molecule is NCc1nnn(-c2cccc(Cl)c2)c1Cc1cccs1. The fraction of sp³-hybridized carbons (Fsp3) is 0.143. The van der Waals surface area contributed by atoms with Crippen molar-refractivity contribution >= 4 is 22.9 Å². The summed E-state index contributed by atoms with van der Waals surface area (Å²) in [6, 6.07) is 11.7. The van der Waals surface area contributed by atoms with Crippen LogP contribution in [0.1, 0.15) is 16.3 Å². The molecule has 6 heteroatoms. The molecule has 4 nitrogen and oxygen atoms in total. The lowest BCUT2D eigenvalue weighted by Crippen LogP contribution is -2.06. The van der Waals surface area contributed by atoms with Crippen LogP contribution in [0.5, 0.6) is 0 Å². The van der Waals surface area contributed by atoms with Crippen LogP contribution < -0.4 is 5.73 Å². The molecule has 20 heavy (non-hydrogen) atoms. The van der Waals surface area contributed by atoms with E-state index in [-0.39, 0.29) is 0 Å². The Morgan fingerprint density at radius 1 is 1.25 bits per heavy atom. The number of nitrogens with zero attached hydrogens (tertiary/aromatic N) is 3. The van der Waals surface area contributed by atoms with Crippen molar-refractivity contribution in [3.05, 3.63) is 63.1 Å². The molecule has 2 heterocycles. The van der Waals surface area contributed by atoms with Crippen molar-refractivity contribution < 1.29 is 0 Å². The average Bonchev–Trinajstić information content (AvgIpc) is 3.08. The van der Waals surface area contributed by atoms with Crippen molar-refractivity contribution in [3.8, 4) is 5.69 Å². The van der Waals surface area contributed by atoms with Crippen LogP contribution in [-0.2, 0) is 13.0 Å². The molecule has 0 unspecified atom stereocenters. The number of thiophene rings is 1. The molecule has 0 atom stereocenters. The van der Waals surface area contributed by atoms with E-state index in [0.717, 1.165) is 23.5 Å². The first kappa shape index (κ1) is 13.3. The topological polar surface area (TPSA) is 56.7 Å². The van der Waals surface area contributed by atoms with Crippen molar-refractivity contribution in [2.45, 2.75) is 13.0 Å². The van der Waals surface area contributed by atoms with Crippen molar-refractivity contribution in [2.24, 2.45) is 5.73 Å². The molecule has 0 saturated heterocycles. The van der Waals surface area contributed by atoms with Crippen LogP contribution in [0.15, 0.2) is 41.8 Å². The number of benzene rings is 1. The smallest absolute Gasteiger partial charge is 0.100 e. The minimum atomic E-state index is 0.376. The molecule has 0 fully saturated rings. The van der Waals surface area contributed by atoms with E-state index in [2.05, 4.69) is 21.8 Å². The number of hydrogen-bond donors (Lipinski definition) is 1. The molecule has 0 bridgehead atoms. The second-order valence-corrected chi connectivity index (χ2v) is 5.80. The first-order valence-electron chi connectivity index (χ1n) is 6.20. The Hall–Kier alpha value is -1.69. The number of hydrogen-bond acceptors (Lipinski definition) is 4. The molecule has 0 aliphatic rings. The highest BCUT2D eigenvalue weighted by atomic mass is 35.5. The van der Waals surface area contributed by atoms with Gasteiger partial charge in [0.2, 0.25) is 0 Å². The molecule has 0 aliphatic carbocycles. The van der Waals surface area contributed by atoms with Crippen LogP contribution in [0.4, 0.5) is 0 Å². The van der Waals surface area contributed by atoms with Gasteiger partial charge in [0.25, 0.3) is 0 Å². The van der Waals surface area contributed by atoms with E-state index in [4.69, 9.17) is 17.3 Å². The molecule has 3 rings (SSSR count). The van der Waals surface area contributed by atoms with Crippen molar-refractivity contribution in [3.63, 3.8) is 0 Å². The van der Waals surface area contributed by atoms with E-state index >= 15 is 0 Å². The van der Waals surface area contributed by atoms with Gasteiger partial charge >= 0.3 is 0 Å². The van der Waals surface area contributed by atoms with E-state index in [1.54, 1.807) is 11.3 Å². The van der Waals surface area contributed by atoms with Gasteiger partial charge in [0.1, 0.15) is 5.69 Å². The Morgan fingerprint density at radius 2 is 2.15 bits per heavy atom. The second kappa shape index (κ2) is 5.75. The summed E-state index contributed by atoms with van der Waals surface area (Å²) >= 11 is 7.76. The van der Waals surface area contributed by atoms with Crippen molar-refractivity contribution in [1.29, 1.82) is 0 Å². The fourth-order valence-corrected chi connectivity index (χ4v) is 2.96. The molecule has 0 radical (unpaired) electrons. The maximum atomic E-state index is 6.05. The molecule has 1 aromatic carbocycles. The highest BCUT2D eigenvalue weighted by molar-refractivity contribution is 7.09. The van der Waals surface area contributed by atoms with Gasteiger partial charge in [-0.2, -0.15) is 0 Å². The van der Waals surface area contributed by atoms with Gasteiger partial charge < -0.3 is 5.73 Å². The Bertz CT molecular complexity index is 706. The lowest BCUT2D eigenvalue weighted by atomic mass is 10.2. The van der Waals surface area contributed by atoms with Gasteiger partial charge in [0.05, 0.1) is 11.4 Å². The summed E-state index contributed by atoms with van der Waals surface area (Å²) in [6.07, 6.45) is 0.768. The predicted octanol–water partition coefficient (Wildman–Crippen LogP) is 3.03. The van der Waals surface area contributed by atoms with E-state index in [0.29, 0.717) is 11.6 Å². The molecule has 0 amide bonds. The fourth-order valence-electron chi connectivity index (χ4n) is 2.06. The van der Waals surface area contributed by atoms with Crippen LogP contribution in [0, 0.1) is 0 Å². The number of nitrogens with two attached hydrogens (primary N) is 1. The zero-order valence-electron chi connectivity index (χ0n) is 10.7. The normalized spacial score (nSPS) is 10.9. The van der Waals surface area contributed by atoms with Gasteiger partial charge in [-0.1, -0.05) is 28.9 Å². The summed E-state index contributed by atoms with van der Waals surface area (Å²) in [5, 5.41) is 11.1. The first-order chi connectivity index (χ1) is 9.78. The Kier molecular flexibility index (Phi) is 3.82. The third-order valence-corrected chi connectivity index (χ3v) is 4.12.